The summed E-state index contributed by atoms with van der Waals surface area (Å²) in [6.45, 7) is 14.0. The van der Waals surface area contributed by atoms with Crippen LogP contribution in [0.5, 0.6) is 0 Å². The van der Waals surface area contributed by atoms with Gasteiger partial charge in [0.05, 0.1) is 0 Å². The Morgan fingerprint density at radius 3 is 1.58 bits per heavy atom. The molecule has 0 amide bonds. The molecule has 1 rings (SSSR count). The summed E-state index contributed by atoms with van der Waals surface area (Å²) < 4.78 is 0. The van der Waals surface area contributed by atoms with E-state index < -0.39 is 0 Å². The van der Waals surface area contributed by atoms with E-state index in [9.17, 15) is 0 Å². The van der Waals surface area contributed by atoms with Crippen molar-refractivity contribution in [3.05, 3.63) is 29.8 Å². The van der Waals surface area contributed by atoms with Gasteiger partial charge in [-0.2, -0.15) is 0 Å². The minimum Gasteiger partial charge on any atom is -0.371 e. The molecule has 1 heteroatoms. The molecular weight excluding hydrogens is 290 g/mol. The quantitative estimate of drug-likeness (QED) is 0.368. The molecule has 0 bridgehead atoms. The Morgan fingerprint density at radius 2 is 1.21 bits per heavy atom. The lowest BCUT2D eigenvalue weighted by molar-refractivity contribution is 0.403. The third-order valence-electron chi connectivity index (χ3n) is 5.44. The van der Waals surface area contributed by atoms with Gasteiger partial charge in [0.25, 0.3) is 0 Å². The molecule has 2 unspecified atom stereocenters. The first-order chi connectivity index (χ1) is 11.6. The zero-order valence-electron chi connectivity index (χ0n) is 17.0. The van der Waals surface area contributed by atoms with Crippen molar-refractivity contribution in [2.75, 3.05) is 18.0 Å². The van der Waals surface area contributed by atoms with Crippen LogP contribution in [0.2, 0.25) is 0 Å². The van der Waals surface area contributed by atoms with Crippen LogP contribution in [0, 0.1) is 18.8 Å². The molecule has 24 heavy (non-hydrogen) atoms. The molecule has 0 aliphatic rings. The van der Waals surface area contributed by atoms with Crippen LogP contribution in [0.1, 0.15) is 84.6 Å². The highest BCUT2D eigenvalue weighted by molar-refractivity contribution is 5.47. The third kappa shape index (κ3) is 7.73. The van der Waals surface area contributed by atoms with Crippen molar-refractivity contribution < 1.29 is 0 Å². The first kappa shape index (κ1) is 21.1. The van der Waals surface area contributed by atoms with Crippen molar-refractivity contribution in [1.82, 2.24) is 0 Å². The van der Waals surface area contributed by atoms with Crippen molar-refractivity contribution >= 4 is 5.69 Å². The molecule has 2 atom stereocenters. The highest BCUT2D eigenvalue weighted by Crippen LogP contribution is 2.24. The van der Waals surface area contributed by atoms with Gasteiger partial charge in [-0.05, 0) is 43.7 Å². The Balaban J connectivity index is 2.82. The van der Waals surface area contributed by atoms with E-state index in [2.05, 4.69) is 63.8 Å². The van der Waals surface area contributed by atoms with Gasteiger partial charge in [-0.15, -0.1) is 0 Å². The van der Waals surface area contributed by atoms with E-state index in [1.54, 1.807) is 0 Å². The molecule has 138 valence electrons. The number of anilines is 1. The molecule has 0 radical (unpaired) electrons. The van der Waals surface area contributed by atoms with E-state index in [-0.39, 0.29) is 0 Å². The molecule has 1 aromatic rings. The number of aryl methyl sites for hydroxylation is 1. The van der Waals surface area contributed by atoms with E-state index in [1.807, 2.05) is 0 Å². The Hall–Kier alpha value is -0.980. The molecule has 0 fully saturated rings. The fourth-order valence-electron chi connectivity index (χ4n) is 3.50. The maximum Gasteiger partial charge on any atom is 0.0366 e. The van der Waals surface area contributed by atoms with Crippen molar-refractivity contribution in [2.45, 2.75) is 86.0 Å². The largest absolute Gasteiger partial charge is 0.371 e. The number of hydrogen-bond acceptors (Lipinski definition) is 1. The standard InChI is InChI=1S/C23H41N/c1-6-10-12-21(8-3)18-24(19-22(9-4)13-11-7-2)23-16-14-20(5)15-17-23/h14-17,21-22H,6-13,18-19H2,1-5H3. The zero-order chi connectivity index (χ0) is 17.8. The summed E-state index contributed by atoms with van der Waals surface area (Å²) in [6, 6.07) is 9.19. The van der Waals surface area contributed by atoms with Crippen molar-refractivity contribution in [2.24, 2.45) is 11.8 Å². The highest BCUT2D eigenvalue weighted by Gasteiger charge is 2.17. The number of nitrogens with zero attached hydrogens (tertiary/aromatic N) is 1. The average Bonchev–Trinajstić information content (AvgIpc) is 2.61. The topological polar surface area (TPSA) is 3.24 Å². The second kappa shape index (κ2) is 12.4. The lowest BCUT2D eigenvalue weighted by Gasteiger charge is -2.32. The van der Waals surface area contributed by atoms with Gasteiger partial charge in [0.1, 0.15) is 0 Å². The predicted octanol–water partition coefficient (Wildman–Crippen LogP) is 7.23. The van der Waals surface area contributed by atoms with E-state index in [0.717, 1.165) is 11.8 Å². The van der Waals surface area contributed by atoms with Crippen LogP contribution in [0.15, 0.2) is 24.3 Å². The van der Waals surface area contributed by atoms with Gasteiger partial charge in [-0.1, -0.05) is 83.9 Å². The smallest absolute Gasteiger partial charge is 0.0366 e. The van der Waals surface area contributed by atoms with Gasteiger partial charge < -0.3 is 4.90 Å². The maximum atomic E-state index is 2.69. The summed E-state index contributed by atoms with van der Waals surface area (Å²) in [6.07, 6.45) is 10.7. The summed E-state index contributed by atoms with van der Waals surface area (Å²) in [7, 11) is 0. The zero-order valence-corrected chi connectivity index (χ0v) is 17.0. The van der Waals surface area contributed by atoms with Gasteiger partial charge in [0.2, 0.25) is 0 Å². The first-order valence-corrected chi connectivity index (χ1v) is 10.5. The van der Waals surface area contributed by atoms with Crippen molar-refractivity contribution in [3.63, 3.8) is 0 Å². The minimum absolute atomic E-state index is 0.829. The lowest BCUT2D eigenvalue weighted by Crippen LogP contribution is -2.34. The van der Waals surface area contributed by atoms with Gasteiger partial charge >= 0.3 is 0 Å². The molecule has 0 spiro atoms. The van der Waals surface area contributed by atoms with Crippen molar-refractivity contribution in [3.8, 4) is 0 Å². The molecule has 0 heterocycles. The Morgan fingerprint density at radius 1 is 0.750 bits per heavy atom. The van der Waals surface area contributed by atoms with E-state index in [4.69, 9.17) is 0 Å². The SMILES string of the molecule is CCCCC(CC)CN(CC(CC)CCCC)c1ccc(C)cc1. The average molecular weight is 332 g/mol. The molecule has 1 nitrogen and oxygen atoms in total. The lowest BCUT2D eigenvalue weighted by atomic mass is 9.95. The monoisotopic (exact) mass is 331 g/mol. The molecule has 1 aromatic carbocycles. The molecule has 0 aliphatic carbocycles. The van der Waals surface area contributed by atoms with Crippen molar-refractivity contribution in [1.29, 1.82) is 0 Å². The van der Waals surface area contributed by atoms with Crippen LogP contribution < -0.4 is 4.90 Å². The first-order valence-electron chi connectivity index (χ1n) is 10.5. The summed E-state index contributed by atoms with van der Waals surface area (Å²) in [5, 5.41) is 0. The minimum atomic E-state index is 0.829. The fraction of sp³-hybridized carbons (Fsp3) is 0.739. The number of unbranched alkanes of at least 4 members (excludes halogenated alkanes) is 2. The van der Waals surface area contributed by atoms with Gasteiger partial charge in [0.15, 0.2) is 0 Å². The van der Waals surface area contributed by atoms with E-state index >= 15 is 0 Å². The molecular formula is C23H41N. The van der Waals surface area contributed by atoms with Gasteiger partial charge in [0, 0.05) is 18.8 Å². The van der Waals surface area contributed by atoms with Gasteiger partial charge in [-0.25, -0.2) is 0 Å². The summed E-state index contributed by atoms with van der Waals surface area (Å²) in [4.78, 5) is 2.69. The normalized spacial score (nSPS) is 13.7. The highest BCUT2D eigenvalue weighted by atomic mass is 15.1. The second-order valence-electron chi connectivity index (χ2n) is 7.57. The Labute approximate surface area is 151 Å². The Bertz CT molecular complexity index is 391. The summed E-state index contributed by atoms with van der Waals surface area (Å²) >= 11 is 0. The predicted molar refractivity (Wildman–Crippen MR) is 110 cm³/mol. The number of rotatable bonds is 13. The van der Waals surface area contributed by atoms with Crippen LogP contribution in [-0.4, -0.2) is 13.1 Å². The number of benzene rings is 1. The molecule has 0 saturated carbocycles. The van der Waals surface area contributed by atoms with Crippen LogP contribution in [0.4, 0.5) is 5.69 Å². The molecule has 0 saturated heterocycles. The molecule has 0 aliphatic heterocycles. The maximum absolute atomic E-state index is 2.69. The fourth-order valence-corrected chi connectivity index (χ4v) is 3.50. The van der Waals surface area contributed by atoms with Crippen LogP contribution in [0.25, 0.3) is 0 Å². The molecule has 0 aromatic heterocycles. The third-order valence-corrected chi connectivity index (χ3v) is 5.44. The number of hydrogen-bond donors (Lipinski definition) is 0. The Kier molecular flexibility index (Phi) is 10.9. The van der Waals surface area contributed by atoms with E-state index in [0.29, 0.717) is 0 Å². The second-order valence-corrected chi connectivity index (χ2v) is 7.57. The van der Waals surface area contributed by atoms with Gasteiger partial charge in [-0.3, -0.25) is 0 Å². The van der Waals surface area contributed by atoms with Crippen LogP contribution in [0.3, 0.4) is 0 Å². The summed E-state index contributed by atoms with van der Waals surface area (Å²) in [5.41, 5.74) is 2.78. The molecule has 0 N–H and O–H groups in total. The van der Waals surface area contributed by atoms with Crippen LogP contribution >= 0.6 is 0 Å². The summed E-state index contributed by atoms with van der Waals surface area (Å²) in [5.74, 6) is 1.66. The van der Waals surface area contributed by atoms with E-state index in [1.165, 1.54) is 75.7 Å². The van der Waals surface area contributed by atoms with Crippen LogP contribution in [-0.2, 0) is 0 Å².